The predicted octanol–water partition coefficient (Wildman–Crippen LogP) is 2.69. The molecule has 3 heteroatoms. The zero-order chi connectivity index (χ0) is 13.7. The summed E-state index contributed by atoms with van der Waals surface area (Å²) in [5.74, 6) is -0.500. The lowest BCUT2D eigenvalue weighted by atomic mass is 9.87. The van der Waals surface area contributed by atoms with Crippen LogP contribution in [-0.4, -0.2) is 12.3 Å². The first kappa shape index (κ1) is 13.0. The Hall–Kier alpha value is -2.42. The largest absolute Gasteiger partial charge is 0.442 e. The smallest absolute Gasteiger partial charge is 0.304 e. The van der Waals surface area contributed by atoms with Crippen LogP contribution in [0.25, 0.3) is 0 Å². The molecule has 0 aliphatic carbocycles. The van der Waals surface area contributed by atoms with Crippen LogP contribution < -0.4 is 0 Å². The van der Waals surface area contributed by atoms with E-state index in [1.165, 1.54) is 6.92 Å². The SMILES string of the molecule is CC(=O)OC(C=O)(c1ccccc1)c1ccccc1. The maximum absolute atomic E-state index is 11.7. The summed E-state index contributed by atoms with van der Waals surface area (Å²) in [6.45, 7) is 1.30. The van der Waals surface area contributed by atoms with Gasteiger partial charge in [0.15, 0.2) is 6.29 Å². The Morgan fingerprint density at radius 1 is 0.947 bits per heavy atom. The van der Waals surface area contributed by atoms with Crippen molar-refractivity contribution in [3.63, 3.8) is 0 Å². The molecule has 0 saturated carbocycles. The summed E-state index contributed by atoms with van der Waals surface area (Å²) >= 11 is 0. The van der Waals surface area contributed by atoms with Crippen molar-refractivity contribution in [2.75, 3.05) is 0 Å². The van der Waals surface area contributed by atoms with E-state index in [1.807, 2.05) is 12.1 Å². The molecule has 0 amide bonds. The molecule has 0 saturated heterocycles. The molecule has 0 radical (unpaired) electrons. The molecule has 3 nitrogen and oxygen atoms in total. The second kappa shape index (κ2) is 5.48. The minimum absolute atomic E-state index is 0.500. The Kier molecular flexibility index (Phi) is 3.76. The van der Waals surface area contributed by atoms with Crippen molar-refractivity contribution >= 4 is 12.3 Å². The molecule has 2 rings (SSSR count). The van der Waals surface area contributed by atoms with Gasteiger partial charge in [-0.05, 0) is 0 Å². The monoisotopic (exact) mass is 254 g/mol. The first-order chi connectivity index (χ1) is 9.19. The standard InChI is InChI=1S/C16H14O3/c1-13(18)19-16(12-17,14-8-4-2-5-9-14)15-10-6-3-7-11-15/h2-12H,1H3. The van der Waals surface area contributed by atoms with Gasteiger partial charge in [0, 0.05) is 18.1 Å². The molecule has 19 heavy (non-hydrogen) atoms. The third-order valence-corrected chi connectivity index (χ3v) is 2.88. The predicted molar refractivity (Wildman–Crippen MR) is 71.5 cm³/mol. The van der Waals surface area contributed by atoms with E-state index in [0.717, 1.165) is 0 Å². The lowest BCUT2D eigenvalue weighted by molar-refractivity contribution is -0.157. The average Bonchev–Trinajstić information content (AvgIpc) is 2.46. The molecule has 2 aromatic carbocycles. The molecule has 0 aliphatic heterocycles. The minimum atomic E-state index is -1.38. The number of ether oxygens (including phenoxy) is 1. The quantitative estimate of drug-likeness (QED) is 0.622. The Labute approximate surface area is 111 Å². The number of carbonyl (C=O) groups excluding carboxylic acids is 2. The summed E-state index contributed by atoms with van der Waals surface area (Å²) in [6, 6.07) is 18.0. The van der Waals surface area contributed by atoms with Gasteiger partial charge in [-0.2, -0.15) is 0 Å². The van der Waals surface area contributed by atoms with Crippen molar-refractivity contribution in [2.45, 2.75) is 12.5 Å². The van der Waals surface area contributed by atoms with E-state index in [-0.39, 0.29) is 0 Å². The minimum Gasteiger partial charge on any atom is -0.442 e. The number of hydrogen-bond donors (Lipinski definition) is 0. The summed E-state index contributed by atoms with van der Waals surface area (Å²) in [5, 5.41) is 0. The maximum Gasteiger partial charge on any atom is 0.304 e. The Morgan fingerprint density at radius 2 is 1.37 bits per heavy atom. The number of aldehydes is 1. The normalized spacial score (nSPS) is 10.8. The van der Waals surface area contributed by atoms with Gasteiger partial charge in [-0.3, -0.25) is 9.59 Å². The maximum atomic E-state index is 11.7. The Bertz CT molecular complexity index is 522. The van der Waals surface area contributed by atoms with E-state index < -0.39 is 11.6 Å². The van der Waals surface area contributed by atoms with Gasteiger partial charge >= 0.3 is 5.97 Å². The van der Waals surface area contributed by atoms with E-state index in [9.17, 15) is 9.59 Å². The lowest BCUT2D eigenvalue weighted by Crippen LogP contribution is -2.34. The Balaban J connectivity index is 2.61. The second-order valence-corrected chi connectivity index (χ2v) is 4.18. The lowest BCUT2D eigenvalue weighted by Gasteiger charge is -2.28. The van der Waals surface area contributed by atoms with Crippen LogP contribution in [0.15, 0.2) is 60.7 Å². The van der Waals surface area contributed by atoms with Crippen molar-refractivity contribution < 1.29 is 14.3 Å². The summed E-state index contributed by atoms with van der Waals surface area (Å²) in [5.41, 5.74) is -0.119. The van der Waals surface area contributed by atoms with Crippen LogP contribution in [0.1, 0.15) is 18.1 Å². The van der Waals surface area contributed by atoms with Gasteiger partial charge in [0.1, 0.15) is 0 Å². The Morgan fingerprint density at radius 3 is 1.68 bits per heavy atom. The molecule has 0 N–H and O–H groups in total. The molecule has 0 aliphatic rings. The third-order valence-electron chi connectivity index (χ3n) is 2.88. The van der Waals surface area contributed by atoms with Gasteiger partial charge in [0.05, 0.1) is 0 Å². The van der Waals surface area contributed by atoms with Gasteiger partial charge in [-0.1, -0.05) is 60.7 Å². The van der Waals surface area contributed by atoms with Crippen LogP contribution in [0.2, 0.25) is 0 Å². The van der Waals surface area contributed by atoms with Crippen LogP contribution in [0.4, 0.5) is 0 Å². The van der Waals surface area contributed by atoms with Crippen LogP contribution in [0, 0.1) is 0 Å². The van der Waals surface area contributed by atoms with Crippen molar-refractivity contribution in [2.24, 2.45) is 0 Å². The summed E-state index contributed by atoms with van der Waals surface area (Å²) in [6.07, 6.45) is 0.666. The summed E-state index contributed by atoms with van der Waals surface area (Å²) < 4.78 is 5.35. The molecule has 2 aromatic rings. The van der Waals surface area contributed by atoms with Crippen molar-refractivity contribution in [3.8, 4) is 0 Å². The van der Waals surface area contributed by atoms with Crippen LogP contribution in [0.5, 0.6) is 0 Å². The molecular formula is C16H14O3. The zero-order valence-corrected chi connectivity index (χ0v) is 10.6. The highest BCUT2D eigenvalue weighted by Crippen LogP contribution is 2.31. The van der Waals surface area contributed by atoms with Gasteiger partial charge in [0.25, 0.3) is 0 Å². The van der Waals surface area contributed by atoms with Crippen LogP contribution in [-0.2, 0) is 19.9 Å². The van der Waals surface area contributed by atoms with Crippen molar-refractivity contribution in [1.29, 1.82) is 0 Å². The molecule has 96 valence electrons. The fraction of sp³-hybridized carbons (Fsp3) is 0.125. The highest BCUT2D eigenvalue weighted by atomic mass is 16.6. The highest BCUT2D eigenvalue weighted by molar-refractivity contribution is 5.78. The van der Waals surface area contributed by atoms with E-state index >= 15 is 0 Å². The van der Waals surface area contributed by atoms with Gasteiger partial charge in [-0.15, -0.1) is 0 Å². The van der Waals surface area contributed by atoms with E-state index in [4.69, 9.17) is 4.74 Å². The first-order valence-electron chi connectivity index (χ1n) is 5.96. The molecule has 0 fully saturated rings. The second-order valence-electron chi connectivity index (χ2n) is 4.18. The van der Waals surface area contributed by atoms with Crippen molar-refractivity contribution in [1.82, 2.24) is 0 Å². The van der Waals surface area contributed by atoms with Crippen LogP contribution in [0.3, 0.4) is 0 Å². The summed E-state index contributed by atoms with van der Waals surface area (Å²) in [7, 11) is 0. The third kappa shape index (κ3) is 2.55. The number of benzene rings is 2. The molecule has 0 spiro atoms. The van der Waals surface area contributed by atoms with Crippen molar-refractivity contribution in [3.05, 3.63) is 71.8 Å². The molecule has 0 aromatic heterocycles. The van der Waals surface area contributed by atoms with E-state index in [2.05, 4.69) is 0 Å². The van der Waals surface area contributed by atoms with Gasteiger partial charge < -0.3 is 4.74 Å². The fourth-order valence-electron chi connectivity index (χ4n) is 2.04. The average molecular weight is 254 g/mol. The fourth-order valence-corrected chi connectivity index (χ4v) is 2.04. The van der Waals surface area contributed by atoms with Gasteiger partial charge in [-0.25, -0.2) is 0 Å². The molecular weight excluding hydrogens is 240 g/mol. The first-order valence-corrected chi connectivity index (χ1v) is 5.96. The molecule has 0 atom stereocenters. The highest BCUT2D eigenvalue weighted by Gasteiger charge is 2.37. The van der Waals surface area contributed by atoms with Gasteiger partial charge in [0.2, 0.25) is 5.60 Å². The topological polar surface area (TPSA) is 43.4 Å². The zero-order valence-electron chi connectivity index (χ0n) is 10.6. The van der Waals surface area contributed by atoms with E-state index in [0.29, 0.717) is 17.4 Å². The molecule has 0 heterocycles. The molecule has 0 bridgehead atoms. The number of carbonyl (C=O) groups is 2. The van der Waals surface area contributed by atoms with Crippen LogP contribution >= 0.6 is 0 Å². The summed E-state index contributed by atoms with van der Waals surface area (Å²) in [4.78, 5) is 23.1. The van der Waals surface area contributed by atoms with E-state index in [1.54, 1.807) is 48.5 Å². The number of esters is 1. The number of hydrogen-bond acceptors (Lipinski definition) is 3. The molecule has 0 unspecified atom stereocenters. The number of rotatable bonds is 4.